The quantitative estimate of drug-likeness (QED) is 0.867. The highest BCUT2D eigenvalue weighted by Crippen LogP contribution is 2.23. The molecule has 0 aliphatic heterocycles. The van der Waals surface area contributed by atoms with Crippen LogP contribution in [0.3, 0.4) is 0 Å². The molecule has 0 heterocycles. The van der Waals surface area contributed by atoms with Crippen molar-refractivity contribution in [1.82, 2.24) is 0 Å². The van der Waals surface area contributed by atoms with Crippen LogP contribution >= 0.6 is 22.6 Å². The van der Waals surface area contributed by atoms with Crippen molar-refractivity contribution >= 4 is 22.6 Å². The van der Waals surface area contributed by atoms with Crippen LogP contribution in [0.2, 0.25) is 0 Å². The molecule has 0 aliphatic carbocycles. The van der Waals surface area contributed by atoms with Gasteiger partial charge in [-0.25, -0.2) is 0 Å². The van der Waals surface area contributed by atoms with E-state index in [0.29, 0.717) is 13.2 Å². The van der Waals surface area contributed by atoms with Crippen LogP contribution in [0.4, 0.5) is 0 Å². The molecule has 1 aromatic carbocycles. The van der Waals surface area contributed by atoms with E-state index in [2.05, 4.69) is 22.6 Å². The van der Waals surface area contributed by atoms with Gasteiger partial charge in [-0.1, -0.05) is 18.2 Å². The van der Waals surface area contributed by atoms with Crippen molar-refractivity contribution in [1.29, 1.82) is 0 Å². The second kappa shape index (κ2) is 5.68. The summed E-state index contributed by atoms with van der Waals surface area (Å²) in [5, 5.41) is 9.83. The minimum Gasteiger partial charge on any atom is -0.386 e. The topological polar surface area (TPSA) is 29.5 Å². The summed E-state index contributed by atoms with van der Waals surface area (Å²) in [5.41, 5.74) is 2.15. The summed E-state index contributed by atoms with van der Waals surface area (Å²) in [7, 11) is 0. The van der Waals surface area contributed by atoms with Gasteiger partial charge in [0.25, 0.3) is 0 Å². The third-order valence-corrected chi connectivity index (χ3v) is 3.53. The van der Waals surface area contributed by atoms with E-state index in [1.807, 2.05) is 32.0 Å². The first-order valence-corrected chi connectivity index (χ1v) is 5.75. The first-order valence-electron chi connectivity index (χ1n) is 4.67. The molecule has 1 atom stereocenters. The summed E-state index contributed by atoms with van der Waals surface area (Å²) in [6.07, 6.45) is -0.512. The van der Waals surface area contributed by atoms with E-state index in [0.717, 1.165) is 9.13 Å². The Morgan fingerprint density at radius 1 is 1.50 bits per heavy atom. The highest BCUT2D eigenvalue weighted by molar-refractivity contribution is 14.1. The van der Waals surface area contributed by atoms with Crippen molar-refractivity contribution in [3.05, 3.63) is 32.9 Å². The maximum atomic E-state index is 9.83. The number of ether oxygens (including phenoxy) is 1. The Kier molecular flexibility index (Phi) is 4.84. The molecule has 1 rings (SSSR count). The van der Waals surface area contributed by atoms with Crippen molar-refractivity contribution in [2.24, 2.45) is 0 Å². The number of rotatable bonds is 4. The first-order chi connectivity index (χ1) is 6.66. The Hall–Kier alpha value is -0.130. The van der Waals surface area contributed by atoms with Gasteiger partial charge in [0.1, 0.15) is 6.10 Å². The molecule has 0 amide bonds. The van der Waals surface area contributed by atoms with Crippen LogP contribution < -0.4 is 0 Å². The molecule has 0 aromatic heterocycles. The van der Waals surface area contributed by atoms with E-state index in [1.165, 1.54) is 5.56 Å². The molecular formula is C11H15IO2. The van der Waals surface area contributed by atoms with Crippen molar-refractivity contribution in [3.8, 4) is 0 Å². The lowest BCUT2D eigenvalue weighted by atomic mass is 10.1. The summed E-state index contributed by atoms with van der Waals surface area (Å²) < 4.78 is 6.31. The van der Waals surface area contributed by atoms with E-state index in [9.17, 15) is 5.11 Å². The average molecular weight is 306 g/mol. The van der Waals surface area contributed by atoms with Gasteiger partial charge in [0, 0.05) is 10.2 Å². The van der Waals surface area contributed by atoms with Gasteiger partial charge in [0.2, 0.25) is 0 Å². The monoisotopic (exact) mass is 306 g/mol. The zero-order valence-electron chi connectivity index (χ0n) is 8.46. The summed E-state index contributed by atoms with van der Waals surface area (Å²) in [4.78, 5) is 0. The van der Waals surface area contributed by atoms with Crippen LogP contribution in [0, 0.1) is 10.5 Å². The van der Waals surface area contributed by atoms with E-state index in [4.69, 9.17) is 4.74 Å². The van der Waals surface area contributed by atoms with Crippen LogP contribution in [0.1, 0.15) is 24.2 Å². The van der Waals surface area contributed by atoms with E-state index >= 15 is 0 Å². The lowest BCUT2D eigenvalue weighted by molar-refractivity contribution is 0.0416. The number of halogens is 1. The molecule has 0 saturated heterocycles. The SMILES string of the molecule is CCOCC(O)c1cccc(C)c1I. The number of aliphatic hydroxyl groups is 1. The number of aryl methyl sites for hydroxylation is 1. The van der Waals surface area contributed by atoms with Crippen LogP contribution in [-0.4, -0.2) is 18.3 Å². The molecule has 14 heavy (non-hydrogen) atoms. The lowest BCUT2D eigenvalue weighted by Crippen LogP contribution is -2.09. The average Bonchev–Trinajstić information content (AvgIpc) is 2.18. The number of hydrogen-bond donors (Lipinski definition) is 1. The molecule has 78 valence electrons. The Bertz CT molecular complexity index is 299. The van der Waals surface area contributed by atoms with Crippen molar-refractivity contribution in [3.63, 3.8) is 0 Å². The Morgan fingerprint density at radius 2 is 2.21 bits per heavy atom. The van der Waals surface area contributed by atoms with Gasteiger partial charge in [-0.3, -0.25) is 0 Å². The molecule has 0 aliphatic rings. The van der Waals surface area contributed by atoms with E-state index in [1.54, 1.807) is 0 Å². The van der Waals surface area contributed by atoms with Crippen molar-refractivity contribution < 1.29 is 9.84 Å². The predicted molar refractivity (Wildman–Crippen MR) is 65.3 cm³/mol. The molecular weight excluding hydrogens is 291 g/mol. The summed E-state index contributed by atoms with van der Waals surface area (Å²) in [5.74, 6) is 0. The van der Waals surface area contributed by atoms with Crippen LogP contribution in [0.5, 0.6) is 0 Å². The van der Waals surface area contributed by atoms with Crippen molar-refractivity contribution in [2.45, 2.75) is 20.0 Å². The molecule has 1 N–H and O–H groups in total. The summed E-state index contributed by atoms with van der Waals surface area (Å²) in [6.45, 7) is 4.97. The summed E-state index contributed by atoms with van der Waals surface area (Å²) in [6, 6.07) is 5.94. The second-order valence-electron chi connectivity index (χ2n) is 3.15. The minimum absolute atomic E-state index is 0.371. The van der Waals surface area contributed by atoms with Gasteiger partial charge in [0.15, 0.2) is 0 Å². The predicted octanol–water partition coefficient (Wildman–Crippen LogP) is 2.67. The second-order valence-corrected chi connectivity index (χ2v) is 4.23. The third kappa shape index (κ3) is 2.93. The largest absolute Gasteiger partial charge is 0.386 e. The van der Waals surface area contributed by atoms with Crippen molar-refractivity contribution in [2.75, 3.05) is 13.2 Å². The molecule has 0 fully saturated rings. The standard InChI is InChI=1S/C11H15IO2/c1-3-14-7-10(13)9-6-4-5-8(2)11(9)12/h4-6,10,13H,3,7H2,1-2H3. The minimum atomic E-state index is -0.512. The van der Waals surface area contributed by atoms with Gasteiger partial charge < -0.3 is 9.84 Å². The van der Waals surface area contributed by atoms with E-state index in [-0.39, 0.29) is 0 Å². The molecule has 0 spiro atoms. The van der Waals surface area contributed by atoms with Gasteiger partial charge in [-0.05, 0) is 47.6 Å². The zero-order valence-corrected chi connectivity index (χ0v) is 10.6. The fraction of sp³-hybridized carbons (Fsp3) is 0.455. The normalized spacial score (nSPS) is 12.9. The summed E-state index contributed by atoms with van der Waals surface area (Å²) >= 11 is 2.26. The van der Waals surface area contributed by atoms with Crippen LogP contribution in [0.25, 0.3) is 0 Å². The van der Waals surface area contributed by atoms with Gasteiger partial charge >= 0.3 is 0 Å². The molecule has 1 unspecified atom stereocenters. The first kappa shape index (κ1) is 11.9. The molecule has 0 saturated carbocycles. The Labute approximate surface area is 98.4 Å². The fourth-order valence-corrected chi connectivity index (χ4v) is 1.97. The Morgan fingerprint density at radius 3 is 2.86 bits per heavy atom. The number of hydrogen-bond acceptors (Lipinski definition) is 2. The number of aliphatic hydroxyl groups excluding tert-OH is 1. The maximum absolute atomic E-state index is 9.83. The Balaban J connectivity index is 2.79. The van der Waals surface area contributed by atoms with Gasteiger partial charge in [-0.2, -0.15) is 0 Å². The number of benzene rings is 1. The zero-order chi connectivity index (χ0) is 10.6. The highest BCUT2D eigenvalue weighted by atomic mass is 127. The van der Waals surface area contributed by atoms with Crippen LogP contribution in [-0.2, 0) is 4.74 Å². The van der Waals surface area contributed by atoms with Gasteiger partial charge in [0.05, 0.1) is 6.61 Å². The highest BCUT2D eigenvalue weighted by Gasteiger charge is 2.11. The molecule has 0 radical (unpaired) electrons. The molecule has 2 nitrogen and oxygen atoms in total. The van der Waals surface area contributed by atoms with Gasteiger partial charge in [-0.15, -0.1) is 0 Å². The lowest BCUT2D eigenvalue weighted by Gasteiger charge is -2.13. The third-order valence-electron chi connectivity index (χ3n) is 2.06. The van der Waals surface area contributed by atoms with Crippen LogP contribution in [0.15, 0.2) is 18.2 Å². The molecule has 0 bridgehead atoms. The molecule has 3 heteroatoms. The molecule has 1 aromatic rings. The van der Waals surface area contributed by atoms with E-state index < -0.39 is 6.10 Å². The fourth-order valence-electron chi connectivity index (χ4n) is 1.25. The maximum Gasteiger partial charge on any atom is 0.103 e. The smallest absolute Gasteiger partial charge is 0.103 e.